The molecule has 0 aliphatic carbocycles. The number of nitrogens with one attached hydrogen (secondary N) is 1. The van der Waals surface area contributed by atoms with E-state index in [1.807, 2.05) is 0 Å². The molecule has 1 aliphatic heterocycles. The van der Waals surface area contributed by atoms with Gasteiger partial charge in [0.15, 0.2) is 0 Å². The van der Waals surface area contributed by atoms with E-state index >= 15 is 0 Å². The highest BCUT2D eigenvalue weighted by atomic mass is 31.2. The van der Waals surface area contributed by atoms with Crippen molar-refractivity contribution in [2.75, 3.05) is 32.8 Å². The van der Waals surface area contributed by atoms with E-state index in [-0.39, 0.29) is 13.2 Å². The highest BCUT2D eigenvalue weighted by molar-refractivity contribution is 7.45. The largest absolute Gasteiger partial charge is 0.756 e. The monoisotopic (exact) mass is 459 g/mol. The topological polar surface area (TPSA) is 63.0 Å². The molecule has 1 atom stereocenters. The van der Waals surface area contributed by atoms with Crippen LogP contribution >= 0.6 is 7.82 Å². The van der Waals surface area contributed by atoms with Crippen molar-refractivity contribution in [3.05, 3.63) is 12.2 Å². The van der Waals surface area contributed by atoms with Gasteiger partial charge < -0.3 is 18.8 Å². The maximum absolute atomic E-state index is 11.8. The lowest BCUT2D eigenvalue weighted by Crippen LogP contribution is -3.13. The molecule has 184 valence electrons. The molecule has 31 heavy (non-hydrogen) atoms. The fourth-order valence-corrected chi connectivity index (χ4v) is 4.91. The Labute approximate surface area is 192 Å². The van der Waals surface area contributed by atoms with E-state index in [0.29, 0.717) is 0 Å². The van der Waals surface area contributed by atoms with Crippen molar-refractivity contribution < 1.29 is 23.4 Å². The van der Waals surface area contributed by atoms with Crippen LogP contribution in [-0.4, -0.2) is 32.8 Å². The van der Waals surface area contributed by atoms with Crippen LogP contribution in [0.25, 0.3) is 0 Å². The Morgan fingerprint density at radius 3 is 1.87 bits per heavy atom. The van der Waals surface area contributed by atoms with Gasteiger partial charge in [-0.25, -0.2) is 0 Å². The molecular weight excluding hydrogens is 409 g/mol. The number of hydrogen-bond acceptors (Lipinski definition) is 4. The lowest BCUT2D eigenvalue weighted by Gasteiger charge is -2.26. The molecule has 5 nitrogen and oxygen atoms in total. The Kier molecular flexibility index (Phi) is 19.0. The molecule has 1 fully saturated rings. The minimum absolute atomic E-state index is 0.240. The summed E-state index contributed by atoms with van der Waals surface area (Å²) in [5, 5.41) is 0. The molecule has 1 aliphatic rings. The molecule has 0 bridgehead atoms. The zero-order valence-corrected chi connectivity index (χ0v) is 21.2. The summed E-state index contributed by atoms with van der Waals surface area (Å²) in [4.78, 5) is 13.2. The van der Waals surface area contributed by atoms with Gasteiger partial charge in [-0.1, -0.05) is 76.9 Å². The second-order valence-electron chi connectivity index (χ2n) is 9.11. The van der Waals surface area contributed by atoms with Crippen molar-refractivity contribution in [1.82, 2.24) is 0 Å². The third kappa shape index (κ3) is 19.0. The molecule has 1 heterocycles. The molecule has 0 aromatic carbocycles. The summed E-state index contributed by atoms with van der Waals surface area (Å²) in [6.45, 7) is 5.76. The van der Waals surface area contributed by atoms with E-state index in [9.17, 15) is 9.46 Å². The summed E-state index contributed by atoms with van der Waals surface area (Å²) in [5.74, 6) is 0. The van der Waals surface area contributed by atoms with Crippen LogP contribution in [0.2, 0.25) is 0 Å². The number of hydrogen-bond donors (Lipinski definition) is 1. The third-order valence-electron chi connectivity index (χ3n) is 6.17. The first-order valence-electron chi connectivity index (χ1n) is 13.2. The highest BCUT2D eigenvalue weighted by Gasteiger charge is 2.15. The second kappa shape index (κ2) is 20.4. The molecule has 0 spiro atoms. The van der Waals surface area contributed by atoms with Gasteiger partial charge in [-0.3, -0.25) is 4.57 Å². The molecule has 1 unspecified atom stereocenters. The van der Waals surface area contributed by atoms with Crippen molar-refractivity contribution in [2.24, 2.45) is 0 Å². The van der Waals surface area contributed by atoms with Crippen molar-refractivity contribution in [1.29, 1.82) is 0 Å². The van der Waals surface area contributed by atoms with Gasteiger partial charge in [0.25, 0.3) is 7.82 Å². The minimum Gasteiger partial charge on any atom is -0.756 e. The number of rotatable bonds is 21. The van der Waals surface area contributed by atoms with Crippen LogP contribution in [0, 0.1) is 0 Å². The lowest BCUT2D eigenvalue weighted by atomic mass is 10.1. The average Bonchev–Trinajstić information content (AvgIpc) is 2.76. The van der Waals surface area contributed by atoms with Crippen molar-refractivity contribution in [3.63, 3.8) is 0 Å². The van der Waals surface area contributed by atoms with Gasteiger partial charge in [0.2, 0.25) is 0 Å². The Morgan fingerprint density at radius 2 is 1.26 bits per heavy atom. The van der Waals surface area contributed by atoms with Gasteiger partial charge >= 0.3 is 0 Å². The number of allylic oxidation sites excluding steroid dienone is 2. The van der Waals surface area contributed by atoms with Crippen LogP contribution in [0.1, 0.15) is 116 Å². The summed E-state index contributed by atoms with van der Waals surface area (Å²) >= 11 is 0. The van der Waals surface area contributed by atoms with Gasteiger partial charge in [0.05, 0.1) is 19.7 Å². The smallest absolute Gasteiger partial charge is 0.268 e. The predicted octanol–water partition coefficient (Wildman–Crippen LogP) is 5.59. The first-order chi connectivity index (χ1) is 15.1. The van der Waals surface area contributed by atoms with Crippen molar-refractivity contribution in [3.8, 4) is 0 Å². The Morgan fingerprint density at radius 1 is 0.742 bits per heavy atom. The molecule has 0 aromatic heterocycles. The van der Waals surface area contributed by atoms with Gasteiger partial charge in [0.1, 0.15) is 13.2 Å². The standard InChI is InChI=1S/C25H50NO4P/c1-2-3-4-5-6-7-8-9-10-11-12-13-14-15-16-20-24-29-31(27,28)30-25-23-26-21-18-17-19-22-26/h9-10H,2-8,11-25H2,1H3,(H,27,28)/b10-9-. The summed E-state index contributed by atoms with van der Waals surface area (Å²) < 4.78 is 21.8. The number of likely N-dealkylation sites (tertiary alicyclic amines) is 1. The van der Waals surface area contributed by atoms with Gasteiger partial charge in [-0.2, -0.15) is 0 Å². The van der Waals surface area contributed by atoms with Crippen LogP contribution in [-0.2, 0) is 13.6 Å². The summed E-state index contributed by atoms with van der Waals surface area (Å²) in [7, 11) is -4.12. The Hall–Kier alpha value is -0.190. The van der Waals surface area contributed by atoms with E-state index in [4.69, 9.17) is 9.05 Å². The Balaban J connectivity index is 1.81. The molecule has 1 N–H and O–H groups in total. The second-order valence-corrected chi connectivity index (χ2v) is 10.5. The zero-order valence-electron chi connectivity index (χ0n) is 20.3. The number of phosphoric ester groups is 1. The summed E-state index contributed by atoms with van der Waals surface area (Å²) in [5.41, 5.74) is 0. The highest BCUT2D eigenvalue weighted by Crippen LogP contribution is 2.38. The average molecular weight is 460 g/mol. The van der Waals surface area contributed by atoms with E-state index in [1.54, 1.807) is 0 Å². The zero-order chi connectivity index (χ0) is 22.5. The van der Waals surface area contributed by atoms with Crippen LogP contribution in [0.3, 0.4) is 0 Å². The van der Waals surface area contributed by atoms with E-state index in [2.05, 4.69) is 19.1 Å². The molecular formula is C25H50NO4P. The molecule has 0 amide bonds. The number of piperidine rings is 1. The maximum atomic E-state index is 11.8. The van der Waals surface area contributed by atoms with Crippen LogP contribution in [0.5, 0.6) is 0 Å². The van der Waals surface area contributed by atoms with Gasteiger partial charge in [0, 0.05) is 0 Å². The fourth-order valence-electron chi connectivity index (χ4n) is 4.17. The van der Waals surface area contributed by atoms with Gasteiger partial charge in [-0.05, 0) is 51.4 Å². The first kappa shape index (κ1) is 28.8. The molecule has 1 saturated heterocycles. The molecule has 0 saturated carbocycles. The van der Waals surface area contributed by atoms with E-state index < -0.39 is 7.82 Å². The predicted molar refractivity (Wildman–Crippen MR) is 128 cm³/mol. The molecule has 0 aromatic rings. The summed E-state index contributed by atoms with van der Waals surface area (Å²) in [6, 6.07) is 0. The molecule has 6 heteroatoms. The number of unbranched alkanes of at least 4 members (excludes halogenated alkanes) is 12. The van der Waals surface area contributed by atoms with Crippen LogP contribution < -0.4 is 9.79 Å². The normalized spacial score (nSPS) is 17.4. The van der Waals surface area contributed by atoms with Crippen molar-refractivity contribution >= 4 is 7.82 Å². The third-order valence-corrected chi connectivity index (χ3v) is 7.17. The van der Waals surface area contributed by atoms with E-state index in [1.165, 1.54) is 94.8 Å². The fraction of sp³-hybridized carbons (Fsp3) is 0.920. The molecule has 0 radical (unpaired) electrons. The number of quaternary nitrogens is 1. The quantitative estimate of drug-likeness (QED) is 0.138. The van der Waals surface area contributed by atoms with Crippen LogP contribution in [0.15, 0.2) is 12.2 Å². The lowest BCUT2D eigenvalue weighted by molar-refractivity contribution is -0.905. The SMILES string of the molecule is CCCCCCCC/C=C\CCCCCCCCOP(=O)([O-])OCC[NH+]1CCCCC1. The Bertz CT molecular complexity index is 466. The van der Waals surface area contributed by atoms with Crippen molar-refractivity contribution in [2.45, 2.75) is 116 Å². The first-order valence-corrected chi connectivity index (χ1v) is 14.7. The van der Waals surface area contributed by atoms with Gasteiger partial charge in [-0.15, -0.1) is 0 Å². The minimum atomic E-state index is -4.12. The number of phosphoric acid groups is 1. The van der Waals surface area contributed by atoms with E-state index in [0.717, 1.165) is 38.9 Å². The molecule has 1 rings (SSSR count). The summed E-state index contributed by atoms with van der Waals surface area (Å²) in [6.07, 6.45) is 25.8. The van der Waals surface area contributed by atoms with Crippen LogP contribution in [0.4, 0.5) is 0 Å². The maximum Gasteiger partial charge on any atom is 0.268 e.